The van der Waals surface area contributed by atoms with E-state index in [1.165, 1.54) is 5.01 Å². The van der Waals surface area contributed by atoms with Crippen LogP contribution in [-0.4, -0.2) is 38.0 Å². The van der Waals surface area contributed by atoms with Crippen LogP contribution in [0, 0.1) is 0 Å². The summed E-state index contributed by atoms with van der Waals surface area (Å²) in [4.78, 5) is 24.8. The number of H-pyrrole nitrogens is 1. The number of rotatable bonds is 3. The predicted molar refractivity (Wildman–Crippen MR) is 106 cm³/mol. The smallest absolute Gasteiger partial charge is 0.205 e. The second kappa shape index (κ2) is 6.33. The third-order valence-electron chi connectivity index (χ3n) is 4.62. The third kappa shape index (κ3) is 2.73. The molecule has 132 valence electrons. The van der Waals surface area contributed by atoms with Gasteiger partial charge in [-0.3, -0.25) is 0 Å². The fourth-order valence-corrected chi connectivity index (χ4v) is 4.81. The summed E-state index contributed by atoms with van der Waals surface area (Å²) in [6.45, 7) is 1.87. The van der Waals surface area contributed by atoms with E-state index in [4.69, 9.17) is 5.73 Å². The van der Waals surface area contributed by atoms with Crippen molar-refractivity contribution in [1.29, 1.82) is 0 Å². The van der Waals surface area contributed by atoms with E-state index in [-0.39, 0.29) is 0 Å². The van der Waals surface area contributed by atoms with Gasteiger partial charge in [0.25, 0.3) is 0 Å². The first-order chi connectivity index (χ1) is 12.8. The van der Waals surface area contributed by atoms with Gasteiger partial charge in [0.05, 0.1) is 9.88 Å². The van der Waals surface area contributed by atoms with Crippen LogP contribution < -0.4 is 10.6 Å². The molecule has 5 rings (SSSR count). The van der Waals surface area contributed by atoms with Gasteiger partial charge < -0.3 is 15.6 Å². The maximum atomic E-state index is 6.15. The van der Waals surface area contributed by atoms with Crippen LogP contribution in [0.3, 0.4) is 0 Å². The minimum atomic E-state index is 0.411. The fourth-order valence-electron chi connectivity index (χ4n) is 3.38. The summed E-state index contributed by atoms with van der Waals surface area (Å²) in [6, 6.07) is 3.97. The van der Waals surface area contributed by atoms with E-state index in [0.717, 1.165) is 36.8 Å². The number of piperidine rings is 1. The standard InChI is InChI=1S/C17H17N7S2/c18-13-12-15(22-14(21-13)11-4-2-7-25-11)23-17(20-12)24-6-1-3-10(9-24)16-19-5-8-26-16/h2,4-5,7-8,10H,1,3,6,9H2,(H3,18,20,21,22,23). The van der Waals surface area contributed by atoms with E-state index in [1.807, 2.05) is 29.1 Å². The number of thiophene rings is 1. The molecule has 5 heterocycles. The van der Waals surface area contributed by atoms with Crippen molar-refractivity contribution in [2.24, 2.45) is 0 Å². The molecule has 1 fully saturated rings. The Morgan fingerprint density at radius 3 is 2.96 bits per heavy atom. The van der Waals surface area contributed by atoms with Gasteiger partial charge in [-0.05, 0) is 24.3 Å². The number of aromatic amines is 1. The summed E-state index contributed by atoms with van der Waals surface area (Å²) >= 11 is 3.32. The van der Waals surface area contributed by atoms with Crippen LogP contribution in [0.25, 0.3) is 21.9 Å². The summed E-state index contributed by atoms with van der Waals surface area (Å²) in [5.41, 5.74) is 7.48. The van der Waals surface area contributed by atoms with Crippen LogP contribution in [0.1, 0.15) is 23.8 Å². The summed E-state index contributed by atoms with van der Waals surface area (Å²) < 4.78 is 0. The molecule has 0 aromatic carbocycles. The van der Waals surface area contributed by atoms with Gasteiger partial charge in [-0.1, -0.05) is 6.07 Å². The van der Waals surface area contributed by atoms with Gasteiger partial charge in [0.2, 0.25) is 5.95 Å². The highest BCUT2D eigenvalue weighted by atomic mass is 32.1. The van der Waals surface area contributed by atoms with Crippen molar-refractivity contribution >= 4 is 45.6 Å². The molecule has 26 heavy (non-hydrogen) atoms. The van der Waals surface area contributed by atoms with Crippen molar-refractivity contribution < 1.29 is 0 Å². The van der Waals surface area contributed by atoms with Crippen LogP contribution in [0.5, 0.6) is 0 Å². The van der Waals surface area contributed by atoms with Gasteiger partial charge in [0, 0.05) is 30.6 Å². The zero-order valence-electron chi connectivity index (χ0n) is 13.9. The van der Waals surface area contributed by atoms with E-state index in [0.29, 0.717) is 28.7 Å². The van der Waals surface area contributed by atoms with Gasteiger partial charge in [0.15, 0.2) is 22.8 Å². The number of hydrogen-bond acceptors (Lipinski definition) is 8. The molecule has 4 aromatic rings. The molecule has 4 aromatic heterocycles. The molecule has 0 saturated carbocycles. The highest BCUT2D eigenvalue weighted by Crippen LogP contribution is 2.32. The number of hydrogen-bond donors (Lipinski definition) is 2. The molecule has 1 unspecified atom stereocenters. The van der Waals surface area contributed by atoms with Crippen LogP contribution in [0.2, 0.25) is 0 Å². The van der Waals surface area contributed by atoms with Crippen molar-refractivity contribution in [2.45, 2.75) is 18.8 Å². The molecule has 1 aliphatic heterocycles. The third-order valence-corrected chi connectivity index (χ3v) is 6.43. The molecular weight excluding hydrogens is 366 g/mol. The lowest BCUT2D eigenvalue weighted by Gasteiger charge is -2.31. The van der Waals surface area contributed by atoms with Gasteiger partial charge in [-0.15, -0.1) is 22.7 Å². The van der Waals surface area contributed by atoms with Gasteiger partial charge in [-0.25, -0.2) is 19.9 Å². The van der Waals surface area contributed by atoms with Crippen LogP contribution >= 0.6 is 22.7 Å². The number of fused-ring (bicyclic) bond motifs is 1. The van der Waals surface area contributed by atoms with E-state index in [2.05, 4.69) is 29.8 Å². The molecule has 1 saturated heterocycles. The van der Waals surface area contributed by atoms with Gasteiger partial charge in [-0.2, -0.15) is 0 Å². The zero-order chi connectivity index (χ0) is 17.5. The summed E-state index contributed by atoms with van der Waals surface area (Å²) in [6.07, 6.45) is 4.15. The lowest BCUT2D eigenvalue weighted by Crippen LogP contribution is -2.35. The highest BCUT2D eigenvalue weighted by molar-refractivity contribution is 7.13. The van der Waals surface area contributed by atoms with Crippen LogP contribution in [-0.2, 0) is 0 Å². The number of nitrogens with one attached hydrogen (secondary N) is 1. The largest absolute Gasteiger partial charge is 0.382 e. The topological polar surface area (TPSA) is 96.6 Å². The zero-order valence-corrected chi connectivity index (χ0v) is 15.6. The molecule has 0 aliphatic carbocycles. The molecular formula is C17H17N7S2. The first-order valence-corrected chi connectivity index (χ1v) is 10.3. The number of anilines is 2. The molecule has 0 amide bonds. The number of nitrogens with two attached hydrogens (primary N) is 1. The normalized spacial score (nSPS) is 17.8. The number of nitrogen functional groups attached to an aromatic ring is 1. The SMILES string of the molecule is Nc1nc(-c2cccs2)nc2[nH]c(N3CCCC(c4nccs4)C3)nc12. The molecule has 9 heteroatoms. The van der Waals surface area contributed by atoms with Crippen molar-refractivity contribution in [3.05, 3.63) is 34.1 Å². The second-order valence-corrected chi connectivity index (χ2v) is 8.20. The Hall–Kier alpha value is -2.52. The maximum absolute atomic E-state index is 6.15. The van der Waals surface area contributed by atoms with Crippen molar-refractivity contribution in [1.82, 2.24) is 24.9 Å². The monoisotopic (exact) mass is 383 g/mol. The van der Waals surface area contributed by atoms with Crippen molar-refractivity contribution in [3.8, 4) is 10.7 Å². The quantitative estimate of drug-likeness (QED) is 0.562. The van der Waals surface area contributed by atoms with Crippen LogP contribution in [0.15, 0.2) is 29.1 Å². The molecule has 1 aliphatic rings. The Bertz CT molecular complexity index is 1020. The predicted octanol–water partition coefficient (Wildman–Crippen LogP) is 3.50. The molecule has 7 nitrogen and oxygen atoms in total. The minimum Gasteiger partial charge on any atom is -0.382 e. The van der Waals surface area contributed by atoms with Crippen molar-refractivity contribution in [2.75, 3.05) is 23.7 Å². The van der Waals surface area contributed by atoms with Crippen LogP contribution in [0.4, 0.5) is 11.8 Å². The maximum Gasteiger partial charge on any atom is 0.205 e. The Morgan fingerprint density at radius 1 is 1.19 bits per heavy atom. The molecule has 3 N–H and O–H groups in total. The highest BCUT2D eigenvalue weighted by Gasteiger charge is 2.25. The fraction of sp³-hybridized carbons (Fsp3) is 0.294. The Kier molecular flexibility index (Phi) is 3.83. The number of imidazole rings is 1. The number of thiazole rings is 1. The molecule has 0 radical (unpaired) electrons. The summed E-state index contributed by atoms with van der Waals surface area (Å²) in [5.74, 6) is 2.31. The Balaban J connectivity index is 1.48. The van der Waals surface area contributed by atoms with Crippen molar-refractivity contribution in [3.63, 3.8) is 0 Å². The van der Waals surface area contributed by atoms with E-state index < -0.39 is 0 Å². The molecule has 1 atom stereocenters. The van der Waals surface area contributed by atoms with Gasteiger partial charge >= 0.3 is 0 Å². The average molecular weight is 384 g/mol. The molecule has 0 spiro atoms. The lowest BCUT2D eigenvalue weighted by atomic mass is 9.99. The minimum absolute atomic E-state index is 0.411. The first kappa shape index (κ1) is 15.7. The molecule has 0 bridgehead atoms. The Morgan fingerprint density at radius 2 is 2.15 bits per heavy atom. The van der Waals surface area contributed by atoms with E-state index >= 15 is 0 Å². The van der Waals surface area contributed by atoms with E-state index in [9.17, 15) is 0 Å². The first-order valence-electron chi connectivity index (χ1n) is 8.49. The lowest BCUT2D eigenvalue weighted by molar-refractivity contribution is 0.503. The second-order valence-electron chi connectivity index (χ2n) is 6.32. The summed E-state index contributed by atoms with van der Waals surface area (Å²) in [7, 11) is 0. The number of nitrogens with zero attached hydrogens (tertiary/aromatic N) is 5. The Labute approximate surface area is 158 Å². The van der Waals surface area contributed by atoms with Gasteiger partial charge in [0.1, 0.15) is 0 Å². The number of aromatic nitrogens is 5. The van der Waals surface area contributed by atoms with E-state index in [1.54, 1.807) is 22.7 Å². The average Bonchev–Trinajstić information content (AvgIpc) is 3.42. The summed E-state index contributed by atoms with van der Waals surface area (Å²) in [5, 5.41) is 5.24.